The molecule has 140 valence electrons. The molecule has 0 atom stereocenters. The number of hydrogen-bond donors (Lipinski definition) is 1. The largest absolute Gasteiger partial charge is 0.481 e. The number of methoxy groups -OCH3 is 1. The predicted octanol–water partition coefficient (Wildman–Crippen LogP) is 2.83. The number of nitrogens with one attached hydrogen (secondary N) is 1. The van der Waals surface area contributed by atoms with Crippen LogP contribution in [-0.4, -0.2) is 44.3 Å². The molecule has 0 amide bonds. The summed E-state index contributed by atoms with van der Waals surface area (Å²) >= 11 is 0. The van der Waals surface area contributed by atoms with Gasteiger partial charge in [0.1, 0.15) is 12.1 Å². The SMILES string of the molecule is COc1cc(NCc2cc3n(n2)CCCN(C2CCCCC2)C3)ncn1. The van der Waals surface area contributed by atoms with Crippen LogP contribution in [0.2, 0.25) is 0 Å². The average molecular weight is 356 g/mol. The third kappa shape index (κ3) is 3.98. The number of rotatable bonds is 5. The van der Waals surface area contributed by atoms with E-state index in [1.807, 2.05) is 0 Å². The maximum atomic E-state index is 5.14. The average Bonchev–Trinajstić information content (AvgIpc) is 2.97. The Morgan fingerprint density at radius 2 is 2.00 bits per heavy atom. The van der Waals surface area contributed by atoms with Crippen LogP contribution in [0.1, 0.15) is 49.9 Å². The highest BCUT2D eigenvalue weighted by molar-refractivity contribution is 5.37. The van der Waals surface area contributed by atoms with E-state index < -0.39 is 0 Å². The lowest BCUT2D eigenvalue weighted by Crippen LogP contribution is -2.36. The molecule has 0 bridgehead atoms. The fraction of sp³-hybridized carbons (Fsp3) is 0.632. The molecule has 4 rings (SSSR count). The lowest BCUT2D eigenvalue weighted by Gasteiger charge is -2.33. The molecule has 1 aliphatic heterocycles. The summed E-state index contributed by atoms with van der Waals surface area (Å²) in [7, 11) is 1.61. The molecule has 7 heteroatoms. The highest BCUT2D eigenvalue weighted by Gasteiger charge is 2.24. The summed E-state index contributed by atoms with van der Waals surface area (Å²) in [6.07, 6.45) is 9.59. The summed E-state index contributed by atoms with van der Waals surface area (Å²) in [5, 5.41) is 8.12. The van der Waals surface area contributed by atoms with Gasteiger partial charge in [0.25, 0.3) is 0 Å². The Hall–Kier alpha value is -2.15. The molecule has 26 heavy (non-hydrogen) atoms. The monoisotopic (exact) mass is 356 g/mol. The molecule has 1 N–H and O–H groups in total. The summed E-state index contributed by atoms with van der Waals surface area (Å²) in [6, 6.07) is 4.80. The molecule has 7 nitrogen and oxygen atoms in total. The van der Waals surface area contributed by atoms with Gasteiger partial charge in [0.2, 0.25) is 5.88 Å². The van der Waals surface area contributed by atoms with Crippen molar-refractivity contribution in [2.45, 2.75) is 64.2 Å². The summed E-state index contributed by atoms with van der Waals surface area (Å²) in [5.74, 6) is 1.31. The van der Waals surface area contributed by atoms with Crippen molar-refractivity contribution >= 4 is 5.82 Å². The maximum Gasteiger partial charge on any atom is 0.218 e. The molecule has 0 unspecified atom stereocenters. The maximum absolute atomic E-state index is 5.14. The first kappa shape index (κ1) is 17.3. The molecule has 0 aromatic carbocycles. The van der Waals surface area contributed by atoms with E-state index in [9.17, 15) is 0 Å². The van der Waals surface area contributed by atoms with Gasteiger partial charge in [-0.3, -0.25) is 9.58 Å². The van der Waals surface area contributed by atoms with Crippen LogP contribution in [0.3, 0.4) is 0 Å². The summed E-state index contributed by atoms with van der Waals surface area (Å²) in [4.78, 5) is 10.9. The quantitative estimate of drug-likeness (QED) is 0.888. The normalized spacial score (nSPS) is 19.0. The standard InChI is InChI=1S/C19H28N6O/c1-26-19-11-18(21-14-22-19)20-12-15-10-17-13-24(8-5-9-25(17)23-15)16-6-3-2-4-7-16/h10-11,14,16H,2-9,12-13H2,1H3,(H,20,21,22). The molecule has 1 saturated carbocycles. The first-order valence-corrected chi connectivity index (χ1v) is 9.71. The zero-order chi connectivity index (χ0) is 17.8. The second kappa shape index (κ2) is 8.03. The first-order chi connectivity index (χ1) is 12.8. The van der Waals surface area contributed by atoms with E-state index in [-0.39, 0.29) is 0 Å². The number of ether oxygens (including phenoxy) is 1. The minimum atomic E-state index is 0.561. The Bertz CT molecular complexity index is 725. The molecular formula is C19H28N6O. The number of aryl methyl sites for hydroxylation is 1. The summed E-state index contributed by atoms with van der Waals surface area (Å²) in [5.41, 5.74) is 2.40. The minimum Gasteiger partial charge on any atom is -0.481 e. The molecule has 3 heterocycles. The Kier molecular flexibility index (Phi) is 5.34. The molecule has 2 aromatic heterocycles. The van der Waals surface area contributed by atoms with E-state index in [1.165, 1.54) is 57.1 Å². The Labute approximate surface area is 154 Å². The Morgan fingerprint density at radius 3 is 2.85 bits per heavy atom. The second-order valence-corrected chi connectivity index (χ2v) is 7.27. The van der Waals surface area contributed by atoms with Gasteiger partial charge in [0.05, 0.1) is 25.0 Å². The van der Waals surface area contributed by atoms with E-state index in [1.54, 1.807) is 13.2 Å². The van der Waals surface area contributed by atoms with Gasteiger partial charge in [-0.05, 0) is 25.3 Å². The number of aromatic nitrogens is 4. The topological polar surface area (TPSA) is 68.1 Å². The van der Waals surface area contributed by atoms with Crippen LogP contribution < -0.4 is 10.1 Å². The minimum absolute atomic E-state index is 0.561. The zero-order valence-electron chi connectivity index (χ0n) is 15.5. The van der Waals surface area contributed by atoms with Crippen LogP contribution in [-0.2, 0) is 19.6 Å². The van der Waals surface area contributed by atoms with E-state index in [0.717, 1.165) is 30.6 Å². The first-order valence-electron chi connectivity index (χ1n) is 9.71. The van der Waals surface area contributed by atoms with Gasteiger partial charge in [0, 0.05) is 31.7 Å². The van der Waals surface area contributed by atoms with Crippen LogP contribution in [0.5, 0.6) is 5.88 Å². The Balaban J connectivity index is 1.41. The third-order valence-electron chi connectivity index (χ3n) is 5.49. The fourth-order valence-corrected chi connectivity index (χ4v) is 4.12. The van der Waals surface area contributed by atoms with Crippen LogP contribution in [0.4, 0.5) is 5.82 Å². The molecular weight excluding hydrogens is 328 g/mol. The third-order valence-corrected chi connectivity index (χ3v) is 5.49. The molecule has 0 radical (unpaired) electrons. The van der Waals surface area contributed by atoms with Crippen molar-refractivity contribution in [3.05, 3.63) is 29.8 Å². The van der Waals surface area contributed by atoms with Crippen molar-refractivity contribution in [1.29, 1.82) is 0 Å². The number of fused-ring (bicyclic) bond motifs is 1. The lowest BCUT2D eigenvalue weighted by atomic mass is 9.94. The van der Waals surface area contributed by atoms with Gasteiger partial charge in [-0.15, -0.1) is 0 Å². The second-order valence-electron chi connectivity index (χ2n) is 7.27. The van der Waals surface area contributed by atoms with Gasteiger partial charge in [0.15, 0.2) is 0 Å². The van der Waals surface area contributed by atoms with E-state index in [4.69, 9.17) is 9.84 Å². The van der Waals surface area contributed by atoms with E-state index in [2.05, 4.69) is 30.9 Å². The van der Waals surface area contributed by atoms with Crippen LogP contribution >= 0.6 is 0 Å². The zero-order valence-corrected chi connectivity index (χ0v) is 15.5. The Morgan fingerprint density at radius 1 is 1.12 bits per heavy atom. The predicted molar refractivity (Wildman–Crippen MR) is 100 cm³/mol. The van der Waals surface area contributed by atoms with Gasteiger partial charge in [-0.1, -0.05) is 19.3 Å². The number of anilines is 1. The molecule has 2 aliphatic rings. The van der Waals surface area contributed by atoms with E-state index in [0.29, 0.717) is 12.4 Å². The van der Waals surface area contributed by atoms with Gasteiger partial charge < -0.3 is 10.1 Å². The van der Waals surface area contributed by atoms with Crippen molar-refractivity contribution in [2.24, 2.45) is 0 Å². The van der Waals surface area contributed by atoms with Crippen LogP contribution in [0, 0.1) is 0 Å². The smallest absolute Gasteiger partial charge is 0.218 e. The summed E-state index contributed by atoms with van der Waals surface area (Å²) < 4.78 is 7.33. The van der Waals surface area contributed by atoms with Crippen molar-refractivity contribution < 1.29 is 4.74 Å². The summed E-state index contributed by atoms with van der Waals surface area (Å²) in [6.45, 7) is 3.89. The van der Waals surface area contributed by atoms with Gasteiger partial charge in [-0.2, -0.15) is 5.10 Å². The highest BCUT2D eigenvalue weighted by atomic mass is 16.5. The van der Waals surface area contributed by atoms with Crippen molar-refractivity contribution in [3.63, 3.8) is 0 Å². The highest BCUT2D eigenvalue weighted by Crippen LogP contribution is 2.26. The van der Waals surface area contributed by atoms with Crippen LogP contribution in [0.15, 0.2) is 18.5 Å². The molecule has 2 aromatic rings. The number of nitrogens with zero attached hydrogens (tertiary/aromatic N) is 5. The van der Waals surface area contributed by atoms with Crippen molar-refractivity contribution in [2.75, 3.05) is 19.0 Å². The molecule has 1 aliphatic carbocycles. The fourth-order valence-electron chi connectivity index (χ4n) is 4.12. The lowest BCUT2D eigenvalue weighted by molar-refractivity contribution is 0.150. The molecule has 0 saturated heterocycles. The van der Waals surface area contributed by atoms with Crippen molar-refractivity contribution in [3.8, 4) is 5.88 Å². The van der Waals surface area contributed by atoms with E-state index >= 15 is 0 Å². The number of hydrogen-bond acceptors (Lipinski definition) is 6. The van der Waals surface area contributed by atoms with Crippen LogP contribution in [0.25, 0.3) is 0 Å². The van der Waals surface area contributed by atoms with Gasteiger partial charge >= 0.3 is 0 Å². The molecule has 0 spiro atoms. The molecule has 1 fully saturated rings. The van der Waals surface area contributed by atoms with Crippen molar-refractivity contribution in [1.82, 2.24) is 24.6 Å². The van der Waals surface area contributed by atoms with Gasteiger partial charge in [-0.25, -0.2) is 9.97 Å².